The molecular weight excluding hydrogens is 262 g/mol. The number of carboxylic acid groups (broad SMARTS) is 1. The second-order valence-electron chi connectivity index (χ2n) is 5.21. The highest BCUT2D eigenvalue weighted by molar-refractivity contribution is 5.93. The lowest BCUT2D eigenvalue weighted by Crippen LogP contribution is -2.23. The summed E-state index contributed by atoms with van der Waals surface area (Å²) in [4.78, 5) is 21.5. The van der Waals surface area contributed by atoms with Crippen LogP contribution in [0.25, 0.3) is 0 Å². The first kappa shape index (κ1) is 14.3. The third-order valence-electron chi connectivity index (χ3n) is 3.67. The molecule has 0 saturated heterocycles. The van der Waals surface area contributed by atoms with Crippen molar-refractivity contribution in [3.05, 3.63) is 33.9 Å². The molecule has 1 aromatic rings. The number of carboxylic acids is 1. The molecule has 1 aliphatic carbocycles. The number of para-hydroxylation sites is 1. The van der Waals surface area contributed by atoms with Gasteiger partial charge in [-0.25, -0.2) is 4.79 Å². The molecule has 108 valence electrons. The minimum atomic E-state index is -1.32. The Morgan fingerprint density at radius 1 is 1.35 bits per heavy atom. The van der Waals surface area contributed by atoms with Crippen molar-refractivity contribution in [2.75, 3.05) is 0 Å². The summed E-state index contributed by atoms with van der Waals surface area (Å²) in [5.41, 5.74) is -0.796. The highest BCUT2D eigenvalue weighted by Gasteiger charge is 2.28. The van der Waals surface area contributed by atoms with E-state index < -0.39 is 16.6 Å². The third-order valence-corrected chi connectivity index (χ3v) is 3.67. The van der Waals surface area contributed by atoms with Gasteiger partial charge in [-0.15, -0.1) is 0 Å². The first-order chi connectivity index (χ1) is 9.49. The largest absolute Gasteiger partial charge is 0.483 e. The molecule has 0 atom stereocenters. The Bertz CT molecular complexity index is 520. The van der Waals surface area contributed by atoms with Gasteiger partial charge in [-0.1, -0.05) is 13.0 Å². The molecule has 1 aliphatic rings. The number of aromatic carboxylic acids is 1. The fraction of sp³-hybridized carbons (Fsp3) is 0.500. The van der Waals surface area contributed by atoms with Crippen LogP contribution in [-0.2, 0) is 0 Å². The number of nitro benzene ring substituents is 1. The van der Waals surface area contributed by atoms with Crippen LogP contribution in [0.4, 0.5) is 5.69 Å². The summed E-state index contributed by atoms with van der Waals surface area (Å²) < 4.78 is 5.68. The smallest absolute Gasteiger partial charge is 0.342 e. The van der Waals surface area contributed by atoms with Crippen molar-refractivity contribution >= 4 is 11.7 Å². The Labute approximate surface area is 116 Å². The zero-order valence-corrected chi connectivity index (χ0v) is 11.2. The fourth-order valence-corrected chi connectivity index (χ4v) is 2.51. The highest BCUT2D eigenvalue weighted by Crippen LogP contribution is 2.34. The fourth-order valence-electron chi connectivity index (χ4n) is 2.51. The van der Waals surface area contributed by atoms with Crippen molar-refractivity contribution in [2.45, 2.75) is 38.7 Å². The number of benzene rings is 1. The van der Waals surface area contributed by atoms with Gasteiger partial charge in [0.25, 0.3) is 0 Å². The van der Waals surface area contributed by atoms with Crippen molar-refractivity contribution in [2.24, 2.45) is 5.92 Å². The summed E-state index contributed by atoms with van der Waals surface area (Å²) in [5, 5.41) is 20.1. The molecule has 1 aromatic carbocycles. The van der Waals surface area contributed by atoms with Crippen molar-refractivity contribution < 1.29 is 19.6 Å². The molecule has 0 aromatic heterocycles. The van der Waals surface area contributed by atoms with Gasteiger partial charge in [0.2, 0.25) is 0 Å². The molecule has 0 aliphatic heterocycles. The van der Waals surface area contributed by atoms with Gasteiger partial charge in [0.15, 0.2) is 5.75 Å². The van der Waals surface area contributed by atoms with Gasteiger partial charge in [0.05, 0.1) is 11.0 Å². The maximum Gasteiger partial charge on any atom is 0.342 e. The standard InChI is InChI=1S/C14H17NO5/c1-9-5-7-10(8-6-9)20-12-4-2-3-11(14(16)17)13(12)15(18)19/h2-4,9-10H,5-8H2,1H3,(H,16,17). The lowest BCUT2D eigenvalue weighted by molar-refractivity contribution is -0.386. The summed E-state index contributed by atoms with van der Waals surface area (Å²) in [7, 11) is 0. The number of nitrogens with zero attached hydrogens (tertiary/aromatic N) is 1. The van der Waals surface area contributed by atoms with Crippen molar-refractivity contribution in [3.63, 3.8) is 0 Å². The number of ether oxygens (including phenoxy) is 1. The monoisotopic (exact) mass is 279 g/mol. The van der Waals surface area contributed by atoms with E-state index in [0.29, 0.717) is 5.92 Å². The van der Waals surface area contributed by atoms with Gasteiger partial charge in [-0.3, -0.25) is 10.1 Å². The van der Waals surface area contributed by atoms with E-state index in [2.05, 4.69) is 6.92 Å². The van der Waals surface area contributed by atoms with E-state index in [1.54, 1.807) is 0 Å². The van der Waals surface area contributed by atoms with Gasteiger partial charge >= 0.3 is 11.7 Å². The predicted molar refractivity (Wildman–Crippen MR) is 72.1 cm³/mol. The molecule has 0 heterocycles. The summed E-state index contributed by atoms with van der Waals surface area (Å²) in [6.07, 6.45) is 3.66. The van der Waals surface area contributed by atoms with Gasteiger partial charge < -0.3 is 9.84 Å². The van der Waals surface area contributed by atoms with Crippen molar-refractivity contribution in [3.8, 4) is 5.75 Å². The van der Waals surface area contributed by atoms with Crippen LogP contribution in [0, 0.1) is 16.0 Å². The van der Waals surface area contributed by atoms with Crippen molar-refractivity contribution in [1.82, 2.24) is 0 Å². The Balaban J connectivity index is 2.25. The number of hydrogen-bond acceptors (Lipinski definition) is 4. The first-order valence-electron chi connectivity index (χ1n) is 6.66. The van der Waals surface area contributed by atoms with E-state index in [4.69, 9.17) is 9.84 Å². The zero-order chi connectivity index (χ0) is 14.7. The van der Waals surface area contributed by atoms with Gasteiger partial charge in [-0.2, -0.15) is 0 Å². The molecule has 0 spiro atoms. The molecule has 20 heavy (non-hydrogen) atoms. The van der Waals surface area contributed by atoms with Gasteiger partial charge in [0, 0.05) is 0 Å². The van der Waals surface area contributed by atoms with Crippen LogP contribution in [0.1, 0.15) is 43.0 Å². The van der Waals surface area contributed by atoms with E-state index in [-0.39, 0.29) is 17.4 Å². The maximum atomic E-state index is 11.1. The minimum absolute atomic E-state index is 0.0504. The van der Waals surface area contributed by atoms with Crippen LogP contribution in [0.2, 0.25) is 0 Å². The van der Waals surface area contributed by atoms with E-state index in [9.17, 15) is 14.9 Å². The Kier molecular flexibility index (Phi) is 4.22. The lowest BCUT2D eigenvalue weighted by atomic mass is 9.89. The third kappa shape index (κ3) is 3.07. The summed E-state index contributed by atoms with van der Waals surface area (Å²) in [6.45, 7) is 2.17. The molecule has 0 radical (unpaired) electrons. The second kappa shape index (κ2) is 5.90. The average molecular weight is 279 g/mol. The molecule has 1 N–H and O–H groups in total. The molecule has 0 unspecified atom stereocenters. The van der Waals surface area contributed by atoms with Crippen molar-refractivity contribution in [1.29, 1.82) is 0 Å². The van der Waals surface area contributed by atoms with Gasteiger partial charge in [0.1, 0.15) is 5.56 Å². The molecular formula is C14H17NO5. The topological polar surface area (TPSA) is 89.7 Å². The molecule has 6 nitrogen and oxygen atoms in total. The maximum absolute atomic E-state index is 11.1. The summed E-state index contributed by atoms with van der Waals surface area (Å²) >= 11 is 0. The molecule has 2 rings (SSSR count). The zero-order valence-electron chi connectivity index (χ0n) is 11.2. The van der Waals surface area contributed by atoms with Gasteiger partial charge in [-0.05, 0) is 43.7 Å². The van der Waals surface area contributed by atoms with Crippen LogP contribution in [0.15, 0.2) is 18.2 Å². The summed E-state index contributed by atoms with van der Waals surface area (Å²) in [5.74, 6) is -0.621. The molecule has 1 fully saturated rings. The Hall–Kier alpha value is -2.11. The average Bonchev–Trinajstić information content (AvgIpc) is 2.40. The number of hydrogen-bond donors (Lipinski definition) is 1. The first-order valence-corrected chi connectivity index (χ1v) is 6.66. The highest BCUT2D eigenvalue weighted by atomic mass is 16.6. The van der Waals surface area contributed by atoms with E-state index in [1.165, 1.54) is 18.2 Å². The molecule has 0 amide bonds. The molecule has 6 heteroatoms. The van der Waals surface area contributed by atoms with Crippen LogP contribution >= 0.6 is 0 Å². The van der Waals surface area contributed by atoms with E-state index in [0.717, 1.165) is 25.7 Å². The SMILES string of the molecule is CC1CCC(Oc2cccc(C(=O)O)c2[N+](=O)[O-])CC1. The predicted octanol–water partition coefficient (Wildman–Crippen LogP) is 3.25. The van der Waals surface area contributed by atoms with Crippen LogP contribution in [0.5, 0.6) is 5.75 Å². The Morgan fingerprint density at radius 2 is 2.00 bits per heavy atom. The minimum Gasteiger partial charge on any atom is -0.483 e. The number of carbonyl (C=O) groups is 1. The Morgan fingerprint density at radius 3 is 2.55 bits per heavy atom. The quantitative estimate of drug-likeness (QED) is 0.675. The van der Waals surface area contributed by atoms with Crippen LogP contribution < -0.4 is 4.74 Å². The van der Waals surface area contributed by atoms with Crippen LogP contribution in [-0.4, -0.2) is 22.1 Å². The van der Waals surface area contributed by atoms with E-state index in [1.807, 2.05) is 0 Å². The van der Waals surface area contributed by atoms with Crippen LogP contribution in [0.3, 0.4) is 0 Å². The lowest BCUT2D eigenvalue weighted by Gasteiger charge is -2.26. The van der Waals surface area contributed by atoms with E-state index >= 15 is 0 Å². The summed E-state index contributed by atoms with van der Waals surface area (Å²) in [6, 6.07) is 4.15. The number of rotatable bonds is 4. The molecule has 1 saturated carbocycles. The second-order valence-corrected chi connectivity index (χ2v) is 5.21. The number of nitro groups is 1. The normalized spacial score (nSPS) is 22.2. The molecule has 0 bridgehead atoms.